The predicted molar refractivity (Wildman–Crippen MR) is 125 cm³/mol. The summed E-state index contributed by atoms with van der Waals surface area (Å²) in [4.78, 5) is 17.0. The van der Waals surface area contributed by atoms with E-state index in [1.165, 1.54) is 13.3 Å². The Labute approximate surface area is 192 Å². The van der Waals surface area contributed by atoms with Gasteiger partial charge in [-0.05, 0) is 24.1 Å². The fourth-order valence-corrected chi connectivity index (χ4v) is 4.60. The first kappa shape index (κ1) is 22.7. The Balaban J connectivity index is 1.66. The van der Waals surface area contributed by atoms with Crippen LogP contribution in [0.2, 0.25) is 0 Å². The van der Waals surface area contributed by atoms with Crippen LogP contribution in [0.5, 0.6) is 11.8 Å². The van der Waals surface area contributed by atoms with Gasteiger partial charge in [-0.15, -0.1) is 4.36 Å². The van der Waals surface area contributed by atoms with Crippen molar-refractivity contribution in [1.29, 1.82) is 0 Å². The molecule has 0 unspecified atom stereocenters. The molecule has 3 N–H and O–H groups in total. The van der Waals surface area contributed by atoms with Crippen molar-refractivity contribution in [2.24, 2.45) is 14.9 Å². The van der Waals surface area contributed by atoms with Gasteiger partial charge in [-0.2, -0.15) is 5.10 Å². The third-order valence-electron chi connectivity index (χ3n) is 5.23. The van der Waals surface area contributed by atoms with Crippen molar-refractivity contribution in [2.45, 2.75) is 32.2 Å². The van der Waals surface area contributed by atoms with Crippen LogP contribution in [0, 0.1) is 12.3 Å². The lowest BCUT2D eigenvalue weighted by Crippen LogP contribution is -2.33. The number of carbonyl (C=O) groups excluding carboxylic acids is 1. The topological polar surface area (TPSA) is 134 Å². The number of pyridine rings is 1. The average Bonchev–Trinajstić information content (AvgIpc) is 3.17. The van der Waals surface area contributed by atoms with Crippen molar-refractivity contribution in [3.8, 4) is 22.9 Å². The van der Waals surface area contributed by atoms with E-state index in [9.17, 15) is 9.00 Å². The summed E-state index contributed by atoms with van der Waals surface area (Å²) in [6.07, 6.45) is 2.96. The Morgan fingerprint density at radius 1 is 1.36 bits per heavy atom. The number of nitrogens with one attached hydrogen (secondary N) is 1. The molecule has 0 bridgehead atoms. The van der Waals surface area contributed by atoms with E-state index in [2.05, 4.69) is 19.8 Å². The molecule has 0 spiro atoms. The molecule has 3 heterocycles. The zero-order valence-electron chi connectivity index (χ0n) is 18.9. The van der Waals surface area contributed by atoms with Crippen LogP contribution in [-0.2, 0) is 16.5 Å². The molecule has 0 radical (unpaired) electrons. The van der Waals surface area contributed by atoms with Crippen LogP contribution < -0.4 is 19.9 Å². The van der Waals surface area contributed by atoms with E-state index in [0.29, 0.717) is 24.7 Å². The van der Waals surface area contributed by atoms with E-state index in [0.717, 1.165) is 16.7 Å². The number of fused-ring (bicyclic) bond motifs is 1. The Morgan fingerprint density at radius 3 is 2.91 bits per heavy atom. The van der Waals surface area contributed by atoms with E-state index in [1.54, 1.807) is 23.0 Å². The molecule has 0 aliphatic carbocycles. The largest absolute Gasteiger partial charge is 0.481 e. The molecule has 0 saturated heterocycles. The molecule has 3 aromatic rings. The quantitative estimate of drug-likeness (QED) is 0.598. The number of rotatable bonds is 4. The summed E-state index contributed by atoms with van der Waals surface area (Å²) in [6.45, 7) is 6.91. The van der Waals surface area contributed by atoms with Gasteiger partial charge >= 0.3 is 6.03 Å². The lowest BCUT2D eigenvalue weighted by Gasteiger charge is -2.30. The van der Waals surface area contributed by atoms with Gasteiger partial charge in [0, 0.05) is 23.2 Å². The maximum Gasteiger partial charge on any atom is 0.354 e. The average molecular weight is 471 g/mol. The van der Waals surface area contributed by atoms with Crippen LogP contribution in [0.4, 0.5) is 10.5 Å². The summed E-state index contributed by atoms with van der Waals surface area (Å²) < 4.78 is 29.5. The minimum Gasteiger partial charge on any atom is -0.481 e. The van der Waals surface area contributed by atoms with Crippen molar-refractivity contribution in [3.63, 3.8) is 0 Å². The number of nitrogens with zero attached hydrogens (tertiary/aromatic N) is 4. The summed E-state index contributed by atoms with van der Waals surface area (Å²) in [5.41, 5.74) is 2.71. The third kappa shape index (κ3) is 4.69. The van der Waals surface area contributed by atoms with Crippen LogP contribution in [0.1, 0.15) is 19.4 Å². The van der Waals surface area contributed by atoms with E-state index < -0.39 is 15.9 Å². The fraction of sp³-hybridized carbons (Fsp3) is 0.318. The normalized spacial score (nSPS) is 16.2. The molecule has 1 aliphatic rings. The molecule has 11 heteroatoms. The number of benzene rings is 1. The number of anilines is 1. The van der Waals surface area contributed by atoms with Crippen molar-refractivity contribution in [3.05, 3.63) is 48.3 Å². The maximum absolute atomic E-state index is 13.2. The van der Waals surface area contributed by atoms with Gasteiger partial charge in [-0.25, -0.2) is 23.8 Å². The number of carbonyl (C=O) groups is 1. The Hall–Kier alpha value is -3.44. The molecule has 2 amide bonds. The number of amides is 2. The minimum atomic E-state index is -3.59. The van der Waals surface area contributed by atoms with Crippen molar-refractivity contribution in [2.75, 3.05) is 19.0 Å². The second-order valence-electron chi connectivity index (χ2n) is 8.60. The lowest BCUT2D eigenvalue weighted by molar-refractivity contribution is 0.0972. The standard InChI is InChI=1S/C22H26N6O4S/c1-14-6-5-7-16(15-8-9-24-18(10-15)31-4)19(14)26-21(29)27-33(23,30)17-11-25-28-12-22(2,3)13-32-20(17)28/h5-11H,12-13H2,1-4H3,(H3,23,26,27,29,30)/t33-/m0/s1. The molecule has 2 aromatic heterocycles. The highest BCUT2D eigenvalue weighted by atomic mass is 32.2. The van der Waals surface area contributed by atoms with Crippen molar-refractivity contribution >= 4 is 21.6 Å². The van der Waals surface area contributed by atoms with E-state index in [-0.39, 0.29) is 16.2 Å². The van der Waals surface area contributed by atoms with Crippen LogP contribution in [0.3, 0.4) is 0 Å². The molecular formula is C22H26N6O4S. The van der Waals surface area contributed by atoms with Crippen LogP contribution in [0.15, 0.2) is 52.0 Å². The smallest absolute Gasteiger partial charge is 0.354 e. The number of para-hydroxylation sites is 1. The molecule has 1 aromatic carbocycles. The number of aromatic nitrogens is 3. The highest BCUT2D eigenvalue weighted by Gasteiger charge is 2.32. The van der Waals surface area contributed by atoms with Gasteiger partial charge < -0.3 is 14.8 Å². The van der Waals surface area contributed by atoms with Gasteiger partial charge in [0.1, 0.15) is 4.90 Å². The summed E-state index contributed by atoms with van der Waals surface area (Å²) in [5, 5.41) is 12.9. The number of hydrogen-bond acceptors (Lipinski definition) is 6. The van der Waals surface area contributed by atoms with Crippen molar-refractivity contribution in [1.82, 2.24) is 14.8 Å². The number of hydrogen-bond donors (Lipinski definition) is 2. The number of methoxy groups -OCH3 is 1. The first-order valence-corrected chi connectivity index (χ1v) is 11.8. The van der Waals surface area contributed by atoms with Gasteiger partial charge in [0.15, 0.2) is 9.92 Å². The molecule has 10 nitrogen and oxygen atoms in total. The summed E-state index contributed by atoms with van der Waals surface area (Å²) >= 11 is 0. The van der Waals surface area contributed by atoms with Crippen molar-refractivity contribution < 1.29 is 18.5 Å². The number of nitrogens with two attached hydrogens (primary N) is 1. The molecule has 174 valence electrons. The van der Waals surface area contributed by atoms with Gasteiger partial charge in [0.2, 0.25) is 11.8 Å². The molecule has 33 heavy (non-hydrogen) atoms. The van der Waals surface area contributed by atoms with E-state index >= 15 is 0 Å². The molecule has 1 atom stereocenters. The second-order valence-corrected chi connectivity index (χ2v) is 10.4. The first-order chi connectivity index (χ1) is 15.6. The number of urea groups is 1. The zero-order chi connectivity index (χ0) is 23.8. The summed E-state index contributed by atoms with van der Waals surface area (Å²) in [6, 6.07) is 8.28. The van der Waals surface area contributed by atoms with Crippen LogP contribution in [-0.4, -0.2) is 38.7 Å². The predicted octanol–water partition coefficient (Wildman–Crippen LogP) is 3.61. The van der Waals surface area contributed by atoms with Gasteiger partial charge in [-0.1, -0.05) is 32.0 Å². The Bertz CT molecular complexity index is 1340. The molecular weight excluding hydrogens is 444 g/mol. The summed E-state index contributed by atoms with van der Waals surface area (Å²) in [5.74, 6) is 0.717. The number of aryl methyl sites for hydroxylation is 1. The Kier molecular flexibility index (Phi) is 5.85. The monoisotopic (exact) mass is 470 g/mol. The highest BCUT2D eigenvalue weighted by Crippen LogP contribution is 2.34. The fourth-order valence-electron chi connectivity index (χ4n) is 3.60. The number of ether oxygens (including phenoxy) is 2. The zero-order valence-corrected chi connectivity index (χ0v) is 19.7. The second kappa shape index (κ2) is 8.49. The van der Waals surface area contributed by atoms with Gasteiger partial charge in [0.25, 0.3) is 0 Å². The highest BCUT2D eigenvalue weighted by molar-refractivity contribution is 7.91. The minimum absolute atomic E-state index is 0.0945. The van der Waals surface area contributed by atoms with Crippen LogP contribution >= 0.6 is 0 Å². The molecule has 4 rings (SSSR count). The third-order valence-corrected chi connectivity index (χ3v) is 6.58. The van der Waals surface area contributed by atoms with E-state index in [1.807, 2.05) is 39.0 Å². The molecule has 0 fully saturated rings. The van der Waals surface area contributed by atoms with Gasteiger partial charge in [0.05, 0.1) is 32.1 Å². The maximum atomic E-state index is 13.2. The van der Waals surface area contributed by atoms with Gasteiger partial charge in [-0.3, -0.25) is 0 Å². The first-order valence-electron chi connectivity index (χ1n) is 10.2. The SMILES string of the molecule is COc1cc(-c2cccc(C)c2NC(=O)N=[S@](N)(=O)c2cnn3c2OCC(C)(C)C3)ccn1. The van der Waals surface area contributed by atoms with E-state index in [4.69, 9.17) is 14.6 Å². The van der Waals surface area contributed by atoms with Crippen LogP contribution in [0.25, 0.3) is 11.1 Å². The Morgan fingerprint density at radius 2 is 2.15 bits per heavy atom. The molecule has 0 saturated carbocycles. The lowest BCUT2D eigenvalue weighted by atomic mass is 9.94. The summed E-state index contributed by atoms with van der Waals surface area (Å²) in [7, 11) is -2.06. The molecule has 1 aliphatic heterocycles.